The van der Waals surface area contributed by atoms with E-state index in [1.807, 2.05) is 0 Å². The first-order valence-electron chi connectivity index (χ1n) is 6.36. The maximum Gasteiger partial charge on any atom is 0.273 e. The molecule has 0 saturated heterocycles. The van der Waals surface area contributed by atoms with Crippen LogP contribution in [0.1, 0.15) is 32.6 Å². The lowest BCUT2D eigenvalue weighted by molar-refractivity contribution is -0.384. The third kappa shape index (κ3) is 3.12. The molecule has 0 spiro atoms. The molecular weight excluding hydrogens is 230 g/mol. The summed E-state index contributed by atoms with van der Waals surface area (Å²) in [5.74, 6) is 0.715. The van der Waals surface area contributed by atoms with Crippen molar-refractivity contribution in [1.82, 2.24) is 0 Å². The van der Waals surface area contributed by atoms with E-state index in [9.17, 15) is 10.1 Å². The molecule has 0 amide bonds. The number of nitro groups is 1. The van der Waals surface area contributed by atoms with Crippen LogP contribution in [0.2, 0.25) is 0 Å². The molecule has 5 nitrogen and oxygen atoms in total. The number of nitrogens with one attached hydrogen (secondary N) is 1. The molecule has 2 rings (SSSR count). The summed E-state index contributed by atoms with van der Waals surface area (Å²) in [5, 5.41) is 14.1. The second-order valence-electron chi connectivity index (χ2n) is 5.18. The number of anilines is 2. The van der Waals surface area contributed by atoms with Gasteiger partial charge in [0, 0.05) is 29.5 Å². The van der Waals surface area contributed by atoms with Crippen LogP contribution in [-0.2, 0) is 0 Å². The highest BCUT2D eigenvalue weighted by Gasteiger charge is 2.19. The highest BCUT2D eigenvalue weighted by atomic mass is 16.6. The molecule has 98 valence electrons. The van der Waals surface area contributed by atoms with E-state index in [1.54, 1.807) is 12.1 Å². The monoisotopic (exact) mass is 249 g/mol. The fraction of sp³-hybridized carbons (Fsp3) is 0.538. The molecule has 0 heterocycles. The molecule has 5 heteroatoms. The van der Waals surface area contributed by atoms with Gasteiger partial charge in [-0.3, -0.25) is 10.1 Å². The van der Waals surface area contributed by atoms with Crippen LogP contribution < -0.4 is 11.1 Å². The molecule has 1 aliphatic rings. The second kappa shape index (κ2) is 5.25. The number of nitrogen functional groups attached to an aromatic ring is 1. The first-order chi connectivity index (χ1) is 8.54. The van der Waals surface area contributed by atoms with Gasteiger partial charge < -0.3 is 11.1 Å². The van der Waals surface area contributed by atoms with Crippen LogP contribution in [0.4, 0.5) is 17.1 Å². The molecule has 1 aromatic carbocycles. The van der Waals surface area contributed by atoms with Crippen LogP contribution in [0.15, 0.2) is 18.2 Å². The molecule has 0 aliphatic heterocycles. The number of rotatable bonds is 3. The van der Waals surface area contributed by atoms with E-state index in [4.69, 9.17) is 5.73 Å². The Balaban J connectivity index is 2.10. The minimum absolute atomic E-state index is 0.0429. The van der Waals surface area contributed by atoms with Gasteiger partial charge in [0.25, 0.3) is 5.69 Å². The van der Waals surface area contributed by atoms with Gasteiger partial charge >= 0.3 is 0 Å². The van der Waals surface area contributed by atoms with Crippen LogP contribution in [0.25, 0.3) is 0 Å². The van der Waals surface area contributed by atoms with Crippen LogP contribution >= 0.6 is 0 Å². The number of benzene rings is 1. The molecule has 3 N–H and O–H groups in total. The molecule has 1 aromatic rings. The smallest absolute Gasteiger partial charge is 0.273 e. The van der Waals surface area contributed by atoms with Crippen molar-refractivity contribution in [2.75, 3.05) is 11.1 Å². The summed E-state index contributed by atoms with van der Waals surface area (Å²) < 4.78 is 0. The molecule has 2 atom stereocenters. The molecule has 18 heavy (non-hydrogen) atoms. The lowest BCUT2D eigenvalue weighted by Crippen LogP contribution is -2.26. The van der Waals surface area contributed by atoms with Gasteiger partial charge in [-0.05, 0) is 24.8 Å². The highest BCUT2D eigenvalue weighted by Crippen LogP contribution is 2.28. The zero-order valence-corrected chi connectivity index (χ0v) is 10.6. The largest absolute Gasteiger partial charge is 0.398 e. The maximum atomic E-state index is 10.8. The third-order valence-electron chi connectivity index (χ3n) is 3.46. The predicted octanol–water partition coefficient (Wildman–Crippen LogP) is 3.17. The zero-order valence-electron chi connectivity index (χ0n) is 10.6. The fourth-order valence-corrected chi connectivity index (χ4v) is 2.62. The number of non-ortho nitro benzene ring substituents is 1. The summed E-state index contributed by atoms with van der Waals surface area (Å²) in [4.78, 5) is 10.4. The quantitative estimate of drug-likeness (QED) is 0.489. The van der Waals surface area contributed by atoms with Gasteiger partial charge in [0.15, 0.2) is 0 Å². The molecule has 1 saturated carbocycles. The van der Waals surface area contributed by atoms with Crippen LogP contribution in [0.3, 0.4) is 0 Å². The summed E-state index contributed by atoms with van der Waals surface area (Å²) >= 11 is 0. The summed E-state index contributed by atoms with van der Waals surface area (Å²) in [6, 6.07) is 5.09. The Kier molecular flexibility index (Phi) is 3.69. The van der Waals surface area contributed by atoms with Crippen molar-refractivity contribution in [3.05, 3.63) is 28.3 Å². The Morgan fingerprint density at radius 2 is 2.17 bits per heavy atom. The lowest BCUT2D eigenvalue weighted by atomic mass is 9.87. The van der Waals surface area contributed by atoms with Crippen LogP contribution in [-0.4, -0.2) is 11.0 Å². The van der Waals surface area contributed by atoms with E-state index in [2.05, 4.69) is 12.2 Å². The Morgan fingerprint density at radius 1 is 1.39 bits per heavy atom. The van der Waals surface area contributed by atoms with E-state index < -0.39 is 4.92 Å². The Hall–Kier alpha value is -1.78. The van der Waals surface area contributed by atoms with Gasteiger partial charge in [-0.15, -0.1) is 0 Å². The summed E-state index contributed by atoms with van der Waals surface area (Å²) in [7, 11) is 0. The third-order valence-corrected chi connectivity index (χ3v) is 3.46. The lowest BCUT2D eigenvalue weighted by Gasteiger charge is -2.28. The van der Waals surface area contributed by atoms with Crippen molar-refractivity contribution in [3.63, 3.8) is 0 Å². The van der Waals surface area contributed by atoms with Crippen molar-refractivity contribution in [3.8, 4) is 0 Å². The average Bonchev–Trinajstić information content (AvgIpc) is 2.28. The molecule has 1 aliphatic carbocycles. The normalized spacial score (nSPS) is 23.6. The SMILES string of the molecule is CC1CCCC(Nc2cc(N)cc([N+](=O)[O-])c2)C1. The number of hydrogen-bond acceptors (Lipinski definition) is 4. The van der Waals surface area contributed by atoms with Crippen molar-refractivity contribution in [2.24, 2.45) is 5.92 Å². The van der Waals surface area contributed by atoms with Crippen molar-refractivity contribution < 1.29 is 4.92 Å². The minimum Gasteiger partial charge on any atom is -0.398 e. The topological polar surface area (TPSA) is 81.2 Å². The standard InChI is InChI=1S/C13H19N3O2/c1-9-3-2-4-11(5-9)15-12-6-10(14)7-13(8-12)16(17)18/h6-9,11,15H,2-5,14H2,1H3. The number of nitrogens with two attached hydrogens (primary N) is 1. The molecular formula is C13H19N3O2. The molecule has 0 aromatic heterocycles. The van der Waals surface area contributed by atoms with Gasteiger partial charge in [0.05, 0.1) is 4.92 Å². The fourth-order valence-electron chi connectivity index (χ4n) is 2.62. The summed E-state index contributed by atoms with van der Waals surface area (Å²) in [6.45, 7) is 2.25. The highest BCUT2D eigenvalue weighted by molar-refractivity contribution is 5.61. The van der Waals surface area contributed by atoms with E-state index >= 15 is 0 Å². The summed E-state index contributed by atoms with van der Waals surface area (Å²) in [5.41, 5.74) is 6.91. The minimum atomic E-state index is -0.412. The molecule has 0 radical (unpaired) electrons. The molecule has 1 fully saturated rings. The van der Waals surface area contributed by atoms with E-state index in [0.29, 0.717) is 17.6 Å². The van der Waals surface area contributed by atoms with E-state index in [0.717, 1.165) is 18.5 Å². The predicted molar refractivity (Wildman–Crippen MR) is 72.6 cm³/mol. The van der Waals surface area contributed by atoms with Gasteiger partial charge in [-0.25, -0.2) is 0 Å². The Morgan fingerprint density at radius 3 is 2.83 bits per heavy atom. The van der Waals surface area contributed by atoms with Crippen molar-refractivity contribution in [2.45, 2.75) is 38.6 Å². The van der Waals surface area contributed by atoms with Gasteiger partial charge in [-0.1, -0.05) is 19.8 Å². The molecule has 0 bridgehead atoms. The number of hydrogen-bond donors (Lipinski definition) is 2. The first kappa shape index (κ1) is 12.7. The second-order valence-corrected chi connectivity index (χ2v) is 5.18. The maximum absolute atomic E-state index is 10.8. The van der Waals surface area contributed by atoms with Crippen LogP contribution in [0.5, 0.6) is 0 Å². The van der Waals surface area contributed by atoms with E-state index in [-0.39, 0.29) is 5.69 Å². The first-order valence-corrected chi connectivity index (χ1v) is 6.36. The van der Waals surface area contributed by atoms with Crippen molar-refractivity contribution in [1.29, 1.82) is 0 Å². The Bertz CT molecular complexity index is 448. The summed E-state index contributed by atoms with van der Waals surface area (Å²) in [6.07, 6.45) is 4.72. The average molecular weight is 249 g/mol. The van der Waals surface area contributed by atoms with E-state index in [1.165, 1.54) is 18.9 Å². The van der Waals surface area contributed by atoms with Gasteiger partial charge in [0.2, 0.25) is 0 Å². The van der Waals surface area contributed by atoms with Gasteiger partial charge in [-0.2, -0.15) is 0 Å². The zero-order chi connectivity index (χ0) is 13.1. The number of nitrogens with zero attached hydrogens (tertiary/aromatic N) is 1. The Labute approximate surface area is 107 Å². The number of nitro benzene ring substituents is 1. The van der Waals surface area contributed by atoms with Crippen LogP contribution in [0, 0.1) is 16.0 Å². The van der Waals surface area contributed by atoms with Gasteiger partial charge in [0.1, 0.15) is 0 Å². The van der Waals surface area contributed by atoms with Crippen molar-refractivity contribution >= 4 is 17.1 Å². The molecule has 2 unspecified atom stereocenters.